The summed E-state index contributed by atoms with van der Waals surface area (Å²) in [6.45, 7) is 23.1. The van der Waals surface area contributed by atoms with Gasteiger partial charge in [-0.05, 0) is 97.2 Å². The van der Waals surface area contributed by atoms with Crippen LogP contribution in [0.5, 0.6) is 0 Å². The zero-order chi connectivity index (χ0) is 47.6. The number of likely N-dealkylation sites (N-methyl/N-ethyl adjacent to an activating group) is 1. The first-order valence-corrected chi connectivity index (χ1v) is 24.6. The van der Waals surface area contributed by atoms with E-state index in [1.165, 1.54) is 11.3 Å². The highest BCUT2D eigenvalue weighted by atomic mass is 32.1. The second-order valence-electron chi connectivity index (χ2n) is 19.0. The maximum absolute atomic E-state index is 14.7. The quantitative estimate of drug-likeness (QED) is 0.0828. The molecule has 1 aliphatic rings. The lowest BCUT2D eigenvalue weighted by Gasteiger charge is -2.40. The molecule has 1 aromatic heterocycles. The molecule has 0 saturated carbocycles. The fraction of sp³-hybridized carbons (Fsp3) is 0.714. The first-order valence-electron chi connectivity index (χ1n) is 23.7. The summed E-state index contributed by atoms with van der Waals surface area (Å²) in [5.74, 6) is -1.56. The maximum Gasteiger partial charge on any atom is 0.407 e. The van der Waals surface area contributed by atoms with Crippen LogP contribution in [0.3, 0.4) is 0 Å². The van der Waals surface area contributed by atoms with E-state index in [1.807, 2.05) is 56.1 Å². The van der Waals surface area contributed by atoms with Crippen molar-refractivity contribution in [2.45, 2.75) is 176 Å². The van der Waals surface area contributed by atoms with Gasteiger partial charge in [-0.3, -0.25) is 24.1 Å². The molecule has 0 aliphatic carbocycles. The number of esters is 1. The molecule has 0 bridgehead atoms. The van der Waals surface area contributed by atoms with Crippen LogP contribution < -0.4 is 16.0 Å². The minimum atomic E-state index is -0.663. The van der Waals surface area contributed by atoms with Crippen LogP contribution in [0.25, 0.3) is 0 Å². The highest BCUT2D eigenvalue weighted by molar-refractivity contribution is 7.09. The minimum Gasteiger partial charge on any atom is -0.461 e. The molecule has 0 radical (unpaired) electrons. The number of carbonyl (C=O) groups excluding carboxylic acids is 5. The monoisotopic (exact) mass is 913 g/mol. The Kier molecular flexibility index (Phi) is 22.7. The molecule has 1 aromatic carbocycles. The van der Waals surface area contributed by atoms with Gasteiger partial charge in [0.05, 0.1) is 18.5 Å². The summed E-state index contributed by atoms with van der Waals surface area (Å²) in [5, 5.41) is 11.4. The van der Waals surface area contributed by atoms with Crippen molar-refractivity contribution in [1.82, 2.24) is 30.7 Å². The predicted octanol–water partition coefficient (Wildman–Crippen LogP) is 8.10. The molecule has 1 saturated heterocycles. The number of likely N-dealkylation sites (tertiary alicyclic amines) is 1. The Bertz CT molecular complexity index is 1750. The van der Waals surface area contributed by atoms with Gasteiger partial charge in [-0.15, -0.1) is 11.3 Å². The molecular formula is C49H80N6O8S. The van der Waals surface area contributed by atoms with Crippen LogP contribution in [0.1, 0.15) is 155 Å². The average Bonchev–Trinajstić information content (AvgIpc) is 3.74. The molecule has 3 rings (SSSR count). The molecule has 2 unspecified atom stereocenters. The first-order chi connectivity index (χ1) is 30.3. The number of carbonyl (C=O) groups is 5. The molecular weight excluding hydrogens is 833 g/mol. The number of thiazole rings is 1. The molecule has 4 amide bonds. The van der Waals surface area contributed by atoms with Crippen molar-refractivity contribution in [2.75, 3.05) is 33.3 Å². The number of rotatable bonds is 25. The SMILES string of the molecule is CCCO[C@H](C[C@H](C(C)C)N(CCC)C(=O)[C@@H](NC(=O)[C@H]1CCCCN1C)[C@@H](C)CC)c1nc(C(=O)NC(Cc2ccccc2)C[C@H](C)C(=O)OC(C)CNC(=O)OC(C)(C)C)cs1. The van der Waals surface area contributed by atoms with Crippen LogP contribution in [0.2, 0.25) is 0 Å². The van der Waals surface area contributed by atoms with Gasteiger partial charge >= 0.3 is 12.1 Å². The van der Waals surface area contributed by atoms with Gasteiger partial charge < -0.3 is 35.1 Å². The lowest BCUT2D eigenvalue weighted by Crippen LogP contribution is -2.58. The van der Waals surface area contributed by atoms with Gasteiger partial charge in [0.2, 0.25) is 11.8 Å². The third-order valence-corrected chi connectivity index (χ3v) is 12.7. The Labute approximate surface area is 387 Å². The van der Waals surface area contributed by atoms with E-state index in [0.29, 0.717) is 37.4 Å². The molecule has 1 fully saturated rings. The highest BCUT2D eigenvalue weighted by Crippen LogP contribution is 2.32. The van der Waals surface area contributed by atoms with Crippen molar-refractivity contribution in [3.8, 4) is 0 Å². The van der Waals surface area contributed by atoms with Crippen molar-refractivity contribution in [3.63, 3.8) is 0 Å². The van der Waals surface area contributed by atoms with E-state index < -0.39 is 47.9 Å². The number of amides is 4. The van der Waals surface area contributed by atoms with Gasteiger partial charge in [-0.25, -0.2) is 9.78 Å². The lowest BCUT2D eigenvalue weighted by atomic mass is 9.92. The van der Waals surface area contributed by atoms with Crippen LogP contribution in [-0.2, 0) is 35.0 Å². The van der Waals surface area contributed by atoms with E-state index in [2.05, 4.69) is 48.5 Å². The number of nitrogens with zero attached hydrogens (tertiary/aromatic N) is 3. The number of piperidine rings is 1. The van der Waals surface area contributed by atoms with Crippen molar-refractivity contribution in [2.24, 2.45) is 17.8 Å². The highest BCUT2D eigenvalue weighted by Gasteiger charge is 2.38. The lowest BCUT2D eigenvalue weighted by molar-refractivity contribution is -0.152. The third kappa shape index (κ3) is 17.7. The Morgan fingerprint density at radius 1 is 0.953 bits per heavy atom. The van der Waals surface area contributed by atoms with E-state index in [4.69, 9.17) is 19.2 Å². The summed E-state index contributed by atoms with van der Waals surface area (Å²) in [4.78, 5) is 76.8. The number of ether oxygens (including phenoxy) is 3. The van der Waals surface area contributed by atoms with E-state index in [0.717, 1.165) is 50.6 Å². The second-order valence-corrected chi connectivity index (χ2v) is 19.9. The molecule has 1 aliphatic heterocycles. The zero-order valence-corrected chi connectivity index (χ0v) is 41.7. The van der Waals surface area contributed by atoms with Crippen LogP contribution in [0.4, 0.5) is 4.79 Å². The van der Waals surface area contributed by atoms with Gasteiger partial charge in [-0.2, -0.15) is 0 Å². The van der Waals surface area contributed by atoms with Crippen molar-refractivity contribution >= 4 is 41.1 Å². The summed E-state index contributed by atoms with van der Waals surface area (Å²) >= 11 is 1.35. The number of hydrogen-bond acceptors (Lipinski definition) is 11. The van der Waals surface area contributed by atoms with E-state index in [9.17, 15) is 24.0 Å². The van der Waals surface area contributed by atoms with Gasteiger partial charge in [0.1, 0.15) is 34.6 Å². The molecule has 14 nitrogen and oxygen atoms in total. The average molecular weight is 913 g/mol. The van der Waals surface area contributed by atoms with Crippen molar-refractivity contribution in [3.05, 3.63) is 52.0 Å². The van der Waals surface area contributed by atoms with Crippen LogP contribution >= 0.6 is 11.3 Å². The fourth-order valence-corrected chi connectivity index (χ4v) is 8.85. The topological polar surface area (TPSA) is 168 Å². The molecule has 3 N–H and O–H groups in total. The second kappa shape index (κ2) is 26.8. The van der Waals surface area contributed by atoms with Crippen molar-refractivity contribution < 1.29 is 38.2 Å². The molecule has 360 valence electrons. The molecule has 2 heterocycles. The molecule has 0 spiro atoms. The van der Waals surface area contributed by atoms with Crippen molar-refractivity contribution in [1.29, 1.82) is 0 Å². The first kappa shape index (κ1) is 54.3. The summed E-state index contributed by atoms with van der Waals surface area (Å²) in [6, 6.07) is 8.19. The predicted molar refractivity (Wildman–Crippen MR) is 253 cm³/mol. The van der Waals surface area contributed by atoms with Gasteiger partial charge in [-0.1, -0.05) is 91.6 Å². The molecule has 2 aromatic rings. The summed E-state index contributed by atoms with van der Waals surface area (Å²) in [5.41, 5.74) is 0.591. The standard InChI is InChI=1S/C49H80N6O8S/c1-13-24-55(46(58)42(33(6)15-3)53-44(57)39-23-19-20-25-54(39)12)40(32(4)5)29-41(61-26-14-2)45-52-38(31-64-45)43(56)51-37(28-36-21-17-16-18-22-36)27-34(7)47(59)62-35(8)30-50-48(60)63-49(9,10)11/h16-18,21-22,31-35,37,39-42H,13-15,19-20,23-30H2,1-12H3,(H,50,60)(H,51,56)(H,53,57)/t33-,34-,35?,37?,39+,40+,41+,42-/m0/s1. The molecule has 64 heavy (non-hydrogen) atoms. The summed E-state index contributed by atoms with van der Waals surface area (Å²) in [6.07, 6.45) is 4.66. The third-order valence-electron chi connectivity index (χ3n) is 11.7. The summed E-state index contributed by atoms with van der Waals surface area (Å²) < 4.78 is 17.4. The maximum atomic E-state index is 14.7. The summed E-state index contributed by atoms with van der Waals surface area (Å²) in [7, 11) is 1.98. The van der Waals surface area contributed by atoms with E-state index in [1.54, 1.807) is 40.0 Å². The Balaban J connectivity index is 1.81. The van der Waals surface area contributed by atoms with E-state index >= 15 is 0 Å². The molecule has 8 atom stereocenters. The minimum absolute atomic E-state index is 0.0559. The van der Waals surface area contributed by atoms with Gasteiger partial charge in [0.25, 0.3) is 5.91 Å². The molecule has 15 heteroatoms. The van der Waals surface area contributed by atoms with Crippen LogP contribution in [0.15, 0.2) is 35.7 Å². The number of alkyl carbamates (subject to hydrolysis) is 1. The number of aromatic nitrogens is 1. The van der Waals surface area contributed by atoms with Crippen LogP contribution in [-0.4, -0.2) is 114 Å². The Morgan fingerprint density at radius 3 is 2.27 bits per heavy atom. The Morgan fingerprint density at radius 2 is 1.66 bits per heavy atom. The number of hydrogen-bond donors (Lipinski definition) is 3. The largest absolute Gasteiger partial charge is 0.461 e. The number of nitrogens with one attached hydrogen (secondary N) is 3. The fourth-order valence-electron chi connectivity index (χ4n) is 7.99. The van der Waals surface area contributed by atoms with Gasteiger partial charge in [0, 0.05) is 37.0 Å². The zero-order valence-electron chi connectivity index (χ0n) is 40.9. The Hall–Kier alpha value is -4.08. The van der Waals surface area contributed by atoms with E-state index in [-0.39, 0.29) is 53.9 Å². The number of benzene rings is 1. The van der Waals surface area contributed by atoms with Gasteiger partial charge in [0.15, 0.2) is 0 Å². The smallest absolute Gasteiger partial charge is 0.407 e. The normalized spacial score (nSPS) is 17.9. The van der Waals surface area contributed by atoms with Crippen LogP contribution in [0, 0.1) is 17.8 Å².